The van der Waals surface area contributed by atoms with Crippen molar-refractivity contribution in [3.63, 3.8) is 0 Å². The van der Waals surface area contributed by atoms with Crippen molar-refractivity contribution in [3.05, 3.63) is 58.9 Å². The molecule has 0 bridgehead atoms. The number of pyridine rings is 2. The molecule has 0 radical (unpaired) electrons. The minimum Gasteiger partial charge on any atom is -0.507 e. The number of phenolic OH excluding ortho intramolecular Hbond substituents is 1. The number of nitrogens with two attached hydrogens (primary N) is 1. The van der Waals surface area contributed by atoms with Crippen LogP contribution in [0.4, 0.5) is 24.7 Å². The van der Waals surface area contributed by atoms with E-state index in [1.807, 2.05) is 0 Å². The number of H-pyrrole nitrogens is 1. The third-order valence-corrected chi connectivity index (χ3v) is 4.73. The Hall–Kier alpha value is -3.86. The zero-order valence-corrected chi connectivity index (χ0v) is 16.8. The lowest BCUT2D eigenvalue weighted by atomic mass is 10.1. The molecule has 5 N–H and O–H groups in total. The summed E-state index contributed by atoms with van der Waals surface area (Å²) >= 11 is 5.92. The predicted octanol–water partition coefficient (Wildman–Crippen LogP) is 4.27. The van der Waals surface area contributed by atoms with Crippen LogP contribution in [-0.2, 0) is 5.92 Å². The molecule has 32 heavy (non-hydrogen) atoms. The molecule has 8 nitrogen and oxygen atoms in total. The highest BCUT2D eigenvalue weighted by Crippen LogP contribution is 2.32. The summed E-state index contributed by atoms with van der Waals surface area (Å²) in [7, 11) is 0. The summed E-state index contributed by atoms with van der Waals surface area (Å²) in [6.07, 6.45) is 1.43. The van der Waals surface area contributed by atoms with E-state index in [1.54, 1.807) is 6.07 Å². The second kappa shape index (κ2) is 8.00. The van der Waals surface area contributed by atoms with Crippen LogP contribution in [0.3, 0.4) is 0 Å². The molecule has 3 aromatic heterocycles. The number of alkyl halides is 3. The lowest BCUT2D eigenvalue weighted by molar-refractivity contribution is -0.0320. The van der Waals surface area contributed by atoms with Crippen LogP contribution in [0, 0.1) is 0 Å². The van der Waals surface area contributed by atoms with E-state index in [9.17, 15) is 23.1 Å². The van der Waals surface area contributed by atoms with Gasteiger partial charge in [-0.05, 0) is 36.4 Å². The van der Waals surface area contributed by atoms with E-state index in [0.717, 1.165) is 12.1 Å². The fraction of sp³-hybridized carbons (Fsp3) is 0.100. The van der Waals surface area contributed by atoms with Crippen LogP contribution < -0.4 is 11.1 Å². The van der Waals surface area contributed by atoms with Gasteiger partial charge in [-0.25, -0.2) is 19.3 Å². The number of aromatic hydroxyl groups is 1. The Morgan fingerprint density at radius 3 is 2.72 bits per heavy atom. The predicted molar refractivity (Wildman–Crippen MR) is 112 cm³/mol. The summed E-state index contributed by atoms with van der Waals surface area (Å²) in [4.78, 5) is 27.4. The molecule has 0 aliphatic carbocycles. The van der Waals surface area contributed by atoms with Crippen molar-refractivity contribution < 1.29 is 23.1 Å². The van der Waals surface area contributed by atoms with Gasteiger partial charge in [0.2, 0.25) is 0 Å². The molecule has 0 spiro atoms. The quantitative estimate of drug-likeness (QED) is 0.328. The number of aromatic nitrogens is 4. The maximum atomic E-state index is 13.4. The topological polar surface area (TPSA) is 130 Å². The van der Waals surface area contributed by atoms with Gasteiger partial charge in [-0.2, -0.15) is 8.78 Å². The van der Waals surface area contributed by atoms with Crippen molar-refractivity contribution in [1.29, 1.82) is 0 Å². The van der Waals surface area contributed by atoms with Crippen molar-refractivity contribution in [2.24, 2.45) is 0 Å². The Bertz CT molecular complexity index is 1340. The number of nitrogens with zero attached hydrogens (tertiary/aromatic N) is 3. The lowest BCUT2D eigenvalue weighted by Crippen LogP contribution is -2.21. The van der Waals surface area contributed by atoms with Gasteiger partial charge in [0, 0.05) is 11.9 Å². The number of carbonyl (C=O) groups is 1. The number of fused-ring (bicyclic) bond motifs is 1. The maximum Gasteiger partial charge on any atom is 0.317 e. The molecule has 12 heteroatoms. The van der Waals surface area contributed by atoms with Gasteiger partial charge in [-0.1, -0.05) is 11.6 Å². The molecule has 1 aromatic carbocycles. The third-order valence-electron chi connectivity index (χ3n) is 4.53. The first kappa shape index (κ1) is 21.4. The Labute approximate surface area is 183 Å². The fourth-order valence-corrected chi connectivity index (χ4v) is 3.10. The average Bonchev–Trinajstić information content (AvgIpc) is 3.17. The molecule has 4 rings (SSSR count). The molecule has 164 valence electrons. The molecule has 0 unspecified atom stereocenters. The van der Waals surface area contributed by atoms with Crippen LogP contribution in [0.5, 0.6) is 5.75 Å². The molecule has 4 aromatic rings. The molecule has 0 aliphatic rings. The van der Waals surface area contributed by atoms with Crippen molar-refractivity contribution in [1.82, 2.24) is 19.9 Å². The number of hydrogen-bond donors (Lipinski definition) is 4. The minimum absolute atomic E-state index is 0.118. The van der Waals surface area contributed by atoms with Gasteiger partial charge in [-0.15, -0.1) is 0 Å². The fourth-order valence-electron chi connectivity index (χ4n) is 2.94. The number of hydrogen-bond acceptors (Lipinski definition) is 6. The van der Waals surface area contributed by atoms with Crippen LogP contribution in [0.2, 0.25) is 5.02 Å². The number of benzene rings is 1. The standard InChI is InChI=1S/C20H14ClF3N6O2/c21-9-5-13-18(26-7-9)30-17(28-13)12-6-10(1-3-14(12)31)27-19(32)11-2-4-15(29-16(11)25)20(23,24)8-22/h1-7,31H,8H2,(H2,25,29)(H,27,32)(H,26,28,30). The number of rotatable bonds is 5. The zero-order valence-electron chi connectivity index (χ0n) is 16.0. The number of anilines is 2. The Morgan fingerprint density at radius 1 is 1.22 bits per heavy atom. The van der Waals surface area contributed by atoms with Gasteiger partial charge in [0.15, 0.2) is 12.3 Å². The highest BCUT2D eigenvalue weighted by atomic mass is 35.5. The van der Waals surface area contributed by atoms with Gasteiger partial charge < -0.3 is 21.1 Å². The SMILES string of the molecule is Nc1nc(C(F)(F)CF)ccc1C(=O)Nc1ccc(O)c(-c2nc3ncc(Cl)cc3[nH]2)c1. The summed E-state index contributed by atoms with van der Waals surface area (Å²) in [5, 5.41) is 13.2. The first-order valence-electron chi connectivity index (χ1n) is 9.05. The third kappa shape index (κ3) is 4.02. The normalized spacial score (nSPS) is 11.6. The average molecular weight is 463 g/mol. The van der Waals surface area contributed by atoms with Crippen LogP contribution in [0.25, 0.3) is 22.6 Å². The summed E-state index contributed by atoms with van der Waals surface area (Å²) in [5.74, 6) is -4.86. The van der Waals surface area contributed by atoms with Gasteiger partial charge >= 0.3 is 5.92 Å². The Kier molecular flexibility index (Phi) is 5.35. The lowest BCUT2D eigenvalue weighted by Gasteiger charge is -2.14. The number of nitrogen functional groups attached to an aromatic ring is 1. The second-order valence-electron chi connectivity index (χ2n) is 6.76. The number of imidazole rings is 1. The molecule has 0 aliphatic heterocycles. The second-order valence-corrected chi connectivity index (χ2v) is 7.20. The van der Waals surface area contributed by atoms with Crippen LogP contribution in [0.1, 0.15) is 16.1 Å². The van der Waals surface area contributed by atoms with Crippen LogP contribution in [-0.4, -0.2) is 37.6 Å². The van der Waals surface area contributed by atoms with E-state index in [1.165, 1.54) is 24.4 Å². The summed E-state index contributed by atoms with van der Waals surface area (Å²) < 4.78 is 39.4. The summed E-state index contributed by atoms with van der Waals surface area (Å²) in [6, 6.07) is 7.69. The number of phenols is 1. The van der Waals surface area contributed by atoms with Crippen LogP contribution >= 0.6 is 11.6 Å². The Morgan fingerprint density at radius 2 is 2.00 bits per heavy atom. The minimum atomic E-state index is -3.80. The van der Waals surface area contributed by atoms with Gasteiger partial charge in [0.1, 0.15) is 23.1 Å². The molecule has 3 heterocycles. The number of carbonyl (C=O) groups excluding carboxylic acids is 1. The molecule has 0 saturated heterocycles. The Balaban J connectivity index is 1.62. The maximum absolute atomic E-state index is 13.4. The molecule has 1 amide bonds. The number of aromatic amines is 1. The van der Waals surface area contributed by atoms with Crippen molar-refractivity contribution >= 4 is 40.2 Å². The molecule has 0 atom stereocenters. The first-order valence-corrected chi connectivity index (χ1v) is 9.42. The zero-order chi connectivity index (χ0) is 23.0. The molecular formula is C20H14ClF3N6O2. The number of halogens is 4. The highest BCUT2D eigenvalue weighted by Gasteiger charge is 2.34. The van der Waals surface area contributed by atoms with E-state index in [2.05, 4.69) is 25.3 Å². The number of amides is 1. The van der Waals surface area contributed by atoms with E-state index in [4.69, 9.17) is 17.3 Å². The molecular weight excluding hydrogens is 449 g/mol. The van der Waals surface area contributed by atoms with Crippen molar-refractivity contribution in [3.8, 4) is 17.1 Å². The number of nitrogens with one attached hydrogen (secondary N) is 2. The van der Waals surface area contributed by atoms with Gasteiger partial charge in [0.05, 0.1) is 21.7 Å². The summed E-state index contributed by atoms with van der Waals surface area (Å²) in [6.45, 7) is -1.94. The largest absolute Gasteiger partial charge is 0.507 e. The van der Waals surface area contributed by atoms with Gasteiger partial charge in [0.25, 0.3) is 5.91 Å². The smallest absolute Gasteiger partial charge is 0.317 e. The van der Waals surface area contributed by atoms with E-state index < -0.39 is 30.0 Å². The van der Waals surface area contributed by atoms with E-state index in [0.29, 0.717) is 16.2 Å². The van der Waals surface area contributed by atoms with E-state index >= 15 is 0 Å². The van der Waals surface area contributed by atoms with Crippen molar-refractivity contribution in [2.45, 2.75) is 5.92 Å². The monoisotopic (exact) mass is 462 g/mol. The summed E-state index contributed by atoms with van der Waals surface area (Å²) in [5.41, 5.74) is 6.02. The first-order chi connectivity index (χ1) is 15.2. The van der Waals surface area contributed by atoms with Crippen molar-refractivity contribution in [2.75, 3.05) is 17.7 Å². The van der Waals surface area contributed by atoms with Gasteiger partial charge in [-0.3, -0.25) is 4.79 Å². The molecule has 0 fully saturated rings. The highest BCUT2D eigenvalue weighted by molar-refractivity contribution is 6.31. The molecule has 0 saturated carbocycles. The van der Waals surface area contributed by atoms with E-state index in [-0.39, 0.29) is 28.4 Å². The van der Waals surface area contributed by atoms with Crippen LogP contribution in [0.15, 0.2) is 42.6 Å².